The van der Waals surface area contributed by atoms with Crippen LogP contribution in [0.1, 0.15) is 57.9 Å². The van der Waals surface area contributed by atoms with Gasteiger partial charge in [0.2, 0.25) is 0 Å². The number of rotatable bonds is 18. The standard InChI is InChI=1S/C27H39NO4/c1-3-5-6-7-8-9-18-31-26-14-10-24(11-15-26)23-28-25-12-16-27(17-13-25)32-22-21-30-20-19-29-4-2/h10-17,23H,3-9,18-22H2,1-2H3. The topological polar surface area (TPSA) is 49.3 Å². The van der Waals surface area contributed by atoms with Gasteiger partial charge < -0.3 is 18.9 Å². The summed E-state index contributed by atoms with van der Waals surface area (Å²) in [6.07, 6.45) is 9.50. The van der Waals surface area contributed by atoms with Crippen molar-refractivity contribution in [3.05, 3.63) is 54.1 Å². The zero-order valence-corrected chi connectivity index (χ0v) is 19.8. The second kappa shape index (κ2) is 17.2. The zero-order valence-electron chi connectivity index (χ0n) is 19.8. The van der Waals surface area contributed by atoms with Crippen molar-refractivity contribution < 1.29 is 18.9 Å². The lowest BCUT2D eigenvalue weighted by Gasteiger charge is -2.07. The van der Waals surface area contributed by atoms with Crippen LogP contribution < -0.4 is 9.47 Å². The predicted molar refractivity (Wildman–Crippen MR) is 132 cm³/mol. The molecule has 0 amide bonds. The maximum atomic E-state index is 5.83. The van der Waals surface area contributed by atoms with Crippen LogP contribution in [0.2, 0.25) is 0 Å². The third kappa shape index (κ3) is 11.9. The number of nitrogens with zero attached hydrogens (tertiary/aromatic N) is 1. The van der Waals surface area contributed by atoms with Gasteiger partial charge in [-0.25, -0.2) is 0 Å². The summed E-state index contributed by atoms with van der Waals surface area (Å²) in [7, 11) is 0. The van der Waals surface area contributed by atoms with Gasteiger partial charge in [-0.2, -0.15) is 0 Å². The molecule has 0 heterocycles. The maximum Gasteiger partial charge on any atom is 0.119 e. The smallest absolute Gasteiger partial charge is 0.119 e. The van der Waals surface area contributed by atoms with E-state index in [1.807, 2.05) is 61.7 Å². The summed E-state index contributed by atoms with van der Waals surface area (Å²) in [6, 6.07) is 15.8. The molecule has 0 radical (unpaired) electrons. The highest BCUT2D eigenvalue weighted by atomic mass is 16.5. The molecule has 0 bridgehead atoms. The minimum absolute atomic E-state index is 0.516. The highest BCUT2D eigenvalue weighted by Crippen LogP contribution is 2.19. The Morgan fingerprint density at radius 1 is 0.625 bits per heavy atom. The molecule has 0 N–H and O–H groups in total. The Kier molecular flexibility index (Phi) is 13.9. The molecule has 2 rings (SSSR count). The first-order valence-corrected chi connectivity index (χ1v) is 12.0. The zero-order chi connectivity index (χ0) is 22.7. The van der Waals surface area contributed by atoms with Crippen molar-refractivity contribution in [2.24, 2.45) is 4.99 Å². The summed E-state index contributed by atoms with van der Waals surface area (Å²) < 4.78 is 22.2. The van der Waals surface area contributed by atoms with Crippen LogP contribution in [0.5, 0.6) is 11.5 Å². The SMILES string of the molecule is CCCCCCCCOc1ccc(C=Nc2ccc(OCCOCCOCC)cc2)cc1. The molecule has 32 heavy (non-hydrogen) atoms. The van der Waals surface area contributed by atoms with Crippen molar-refractivity contribution >= 4 is 11.9 Å². The van der Waals surface area contributed by atoms with Crippen molar-refractivity contribution in [3.63, 3.8) is 0 Å². The Morgan fingerprint density at radius 3 is 1.94 bits per heavy atom. The number of benzene rings is 2. The Balaban J connectivity index is 1.64. The maximum absolute atomic E-state index is 5.83. The molecule has 2 aromatic rings. The highest BCUT2D eigenvalue weighted by molar-refractivity contribution is 5.82. The third-order valence-electron chi connectivity index (χ3n) is 4.92. The molecule has 0 unspecified atom stereocenters. The molecular formula is C27H39NO4. The van der Waals surface area contributed by atoms with Crippen molar-refractivity contribution in [2.45, 2.75) is 52.4 Å². The van der Waals surface area contributed by atoms with Gasteiger partial charge in [0.25, 0.3) is 0 Å². The molecule has 0 saturated carbocycles. The third-order valence-corrected chi connectivity index (χ3v) is 4.92. The highest BCUT2D eigenvalue weighted by Gasteiger charge is 1.97. The van der Waals surface area contributed by atoms with E-state index >= 15 is 0 Å². The van der Waals surface area contributed by atoms with Gasteiger partial charge >= 0.3 is 0 Å². The van der Waals surface area contributed by atoms with Gasteiger partial charge in [-0.3, -0.25) is 4.99 Å². The van der Waals surface area contributed by atoms with E-state index in [1.54, 1.807) is 0 Å². The summed E-state index contributed by atoms with van der Waals surface area (Å²) in [4.78, 5) is 4.54. The Morgan fingerprint density at radius 2 is 1.22 bits per heavy atom. The number of hydrogen-bond donors (Lipinski definition) is 0. The van der Waals surface area contributed by atoms with Crippen LogP contribution in [0.3, 0.4) is 0 Å². The molecule has 0 atom stereocenters. The molecule has 5 nitrogen and oxygen atoms in total. The number of unbranched alkanes of at least 4 members (excludes halogenated alkanes) is 5. The molecule has 0 aromatic heterocycles. The van der Waals surface area contributed by atoms with Crippen LogP contribution in [0.4, 0.5) is 5.69 Å². The van der Waals surface area contributed by atoms with Crippen LogP contribution in [0, 0.1) is 0 Å². The monoisotopic (exact) mass is 441 g/mol. The minimum atomic E-state index is 0.516. The first-order valence-electron chi connectivity index (χ1n) is 12.0. The fraction of sp³-hybridized carbons (Fsp3) is 0.519. The minimum Gasteiger partial charge on any atom is -0.494 e. The lowest BCUT2D eigenvalue weighted by molar-refractivity contribution is 0.0405. The van der Waals surface area contributed by atoms with Crippen LogP contribution in [-0.2, 0) is 9.47 Å². The van der Waals surface area contributed by atoms with Crippen LogP contribution in [-0.4, -0.2) is 45.9 Å². The van der Waals surface area contributed by atoms with Gasteiger partial charge in [0.05, 0.1) is 32.1 Å². The van der Waals surface area contributed by atoms with Crippen molar-refractivity contribution in [1.29, 1.82) is 0 Å². The second-order valence-corrected chi connectivity index (χ2v) is 7.60. The van der Waals surface area contributed by atoms with Crippen molar-refractivity contribution in [3.8, 4) is 11.5 Å². The van der Waals surface area contributed by atoms with Crippen LogP contribution in [0.25, 0.3) is 0 Å². The van der Waals surface area contributed by atoms with Crippen molar-refractivity contribution in [2.75, 3.05) is 39.6 Å². The average molecular weight is 442 g/mol. The second-order valence-electron chi connectivity index (χ2n) is 7.60. The van der Waals surface area contributed by atoms with Gasteiger partial charge in [-0.1, -0.05) is 39.0 Å². The fourth-order valence-corrected chi connectivity index (χ4v) is 3.08. The van der Waals surface area contributed by atoms with E-state index in [0.717, 1.165) is 35.8 Å². The molecule has 0 aliphatic rings. The molecule has 0 aliphatic carbocycles. The normalized spacial score (nSPS) is 11.2. The summed E-state index contributed by atoms with van der Waals surface area (Å²) in [5.74, 6) is 1.73. The van der Waals surface area contributed by atoms with E-state index in [1.165, 1.54) is 32.1 Å². The summed E-state index contributed by atoms with van der Waals surface area (Å²) in [5.41, 5.74) is 1.93. The van der Waals surface area contributed by atoms with E-state index in [2.05, 4.69) is 11.9 Å². The largest absolute Gasteiger partial charge is 0.494 e. The van der Waals surface area contributed by atoms with Crippen molar-refractivity contribution in [1.82, 2.24) is 0 Å². The molecule has 0 fully saturated rings. The summed E-state index contributed by atoms with van der Waals surface area (Å²) in [6.45, 7) is 8.00. The molecule has 0 spiro atoms. The number of ether oxygens (including phenoxy) is 4. The molecule has 2 aromatic carbocycles. The van der Waals surface area contributed by atoms with E-state index in [4.69, 9.17) is 18.9 Å². The van der Waals surface area contributed by atoms with Gasteiger partial charge in [0, 0.05) is 12.8 Å². The predicted octanol–water partition coefficient (Wildman–Crippen LogP) is 6.61. The van der Waals surface area contributed by atoms with Gasteiger partial charge in [0.15, 0.2) is 0 Å². The first kappa shape index (κ1) is 25.9. The first-order chi connectivity index (χ1) is 15.8. The van der Waals surface area contributed by atoms with E-state index in [0.29, 0.717) is 33.0 Å². The van der Waals surface area contributed by atoms with Gasteiger partial charge in [0.1, 0.15) is 18.1 Å². The lowest BCUT2D eigenvalue weighted by Crippen LogP contribution is -2.10. The number of aliphatic imine (C=N–C) groups is 1. The van der Waals surface area contributed by atoms with E-state index in [9.17, 15) is 0 Å². The quantitative estimate of drug-likeness (QED) is 0.193. The molecule has 176 valence electrons. The van der Waals surface area contributed by atoms with Crippen LogP contribution >= 0.6 is 0 Å². The van der Waals surface area contributed by atoms with Gasteiger partial charge in [-0.05, 0) is 67.4 Å². The Hall–Kier alpha value is -2.37. The lowest BCUT2D eigenvalue weighted by atomic mass is 10.1. The Bertz CT molecular complexity index is 665. The average Bonchev–Trinajstić information content (AvgIpc) is 2.83. The summed E-state index contributed by atoms with van der Waals surface area (Å²) >= 11 is 0. The van der Waals surface area contributed by atoms with Gasteiger partial charge in [-0.15, -0.1) is 0 Å². The Labute approximate surface area is 193 Å². The molecule has 0 aliphatic heterocycles. The summed E-state index contributed by atoms with van der Waals surface area (Å²) in [5, 5.41) is 0. The fourth-order valence-electron chi connectivity index (χ4n) is 3.08. The molecule has 5 heteroatoms. The van der Waals surface area contributed by atoms with Crippen LogP contribution in [0.15, 0.2) is 53.5 Å². The number of hydrogen-bond acceptors (Lipinski definition) is 5. The van der Waals surface area contributed by atoms with E-state index in [-0.39, 0.29) is 0 Å². The van der Waals surface area contributed by atoms with E-state index < -0.39 is 0 Å². The molecule has 0 saturated heterocycles. The molecular weight excluding hydrogens is 402 g/mol.